The summed E-state index contributed by atoms with van der Waals surface area (Å²) in [6.07, 6.45) is -1.03. The van der Waals surface area contributed by atoms with E-state index in [-0.39, 0.29) is 31.6 Å². The Labute approximate surface area is 145 Å². The van der Waals surface area contributed by atoms with E-state index in [2.05, 4.69) is 0 Å². The number of carbonyl (C=O) groups excluding carboxylic acids is 1. The lowest BCUT2D eigenvalue weighted by Crippen LogP contribution is -2.14. The number of ether oxygens (including phenoxy) is 2. The molecule has 3 nitrogen and oxygen atoms in total. The Hall–Kier alpha value is -0.840. The zero-order valence-electron chi connectivity index (χ0n) is 10.0. The van der Waals surface area contributed by atoms with E-state index >= 15 is 0 Å². The largest absolute Gasteiger partial charge is 0.519 e. The second-order valence-corrected chi connectivity index (χ2v) is 5.71. The minimum absolute atomic E-state index is 0.00307. The molecule has 0 aromatic heterocycles. The minimum atomic E-state index is -1.03. The van der Waals surface area contributed by atoms with Gasteiger partial charge in [0, 0.05) is 5.02 Å². The number of hydrogen-bond acceptors (Lipinski definition) is 3. The highest BCUT2D eigenvalue weighted by Gasteiger charge is 2.16. The third kappa shape index (κ3) is 4.09. The van der Waals surface area contributed by atoms with Crippen molar-refractivity contribution in [3.63, 3.8) is 0 Å². The molecule has 8 heteroatoms. The van der Waals surface area contributed by atoms with Crippen molar-refractivity contribution in [2.75, 3.05) is 0 Å². The van der Waals surface area contributed by atoms with Crippen LogP contribution in [0.2, 0.25) is 25.1 Å². The van der Waals surface area contributed by atoms with E-state index in [1.165, 1.54) is 30.3 Å². The Balaban J connectivity index is 2.14. The van der Waals surface area contributed by atoms with E-state index in [1.807, 2.05) is 0 Å². The number of carbonyl (C=O) groups is 1. The molecule has 0 aliphatic rings. The zero-order valence-corrected chi connectivity index (χ0v) is 13.8. The molecule has 0 heterocycles. The average molecular weight is 386 g/mol. The topological polar surface area (TPSA) is 35.5 Å². The van der Waals surface area contributed by atoms with Crippen molar-refractivity contribution < 1.29 is 14.3 Å². The van der Waals surface area contributed by atoms with Gasteiger partial charge in [-0.15, -0.1) is 0 Å². The van der Waals surface area contributed by atoms with Gasteiger partial charge in [0.15, 0.2) is 11.5 Å². The molecule has 0 radical (unpaired) electrons. The van der Waals surface area contributed by atoms with Crippen LogP contribution in [0.15, 0.2) is 30.3 Å². The number of rotatable bonds is 2. The van der Waals surface area contributed by atoms with Crippen LogP contribution in [0.1, 0.15) is 0 Å². The van der Waals surface area contributed by atoms with Gasteiger partial charge in [0.1, 0.15) is 5.02 Å². The van der Waals surface area contributed by atoms with Crippen LogP contribution < -0.4 is 9.47 Å². The third-order valence-corrected chi connectivity index (χ3v) is 4.09. The van der Waals surface area contributed by atoms with Gasteiger partial charge in [-0.2, -0.15) is 0 Å². The Morgan fingerprint density at radius 3 is 2.05 bits per heavy atom. The summed E-state index contributed by atoms with van der Waals surface area (Å²) in [6.45, 7) is 0. The normalized spacial score (nSPS) is 10.3. The molecule has 2 aromatic carbocycles. The van der Waals surface area contributed by atoms with Crippen LogP contribution in [0.3, 0.4) is 0 Å². The van der Waals surface area contributed by atoms with Gasteiger partial charge in [-0.05, 0) is 30.3 Å². The van der Waals surface area contributed by atoms with Crippen molar-refractivity contribution in [3.05, 3.63) is 55.4 Å². The molecule has 0 N–H and O–H groups in total. The van der Waals surface area contributed by atoms with E-state index in [0.717, 1.165) is 0 Å². The fraction of sp³-hybridized carbons (Fsp3) is 0. The highest BCUT2D eigenvalue weighted by molar-refractivity contribution is 6.48. The first-order chi connectivity index (χ1) is 9.88. The van der Waals surface area contributed by atoms with Crippen molar-refractivity contribution >= 4 is 64.2 Å². The molecule has 0 saturated carbocycles. The Morgan fingerprint density at radius 2 is 1.38 bits per heavy atom. The van der Waals surface area contributed by atoms with Crippen LogP contribution in [0.25, 0.3) is 0 Å². The number of hydrogen-bond donors (Lipinski definition) is 0. The molecule has 0 fully saturated rings. The van der Waals surface area contributed by atoms with Crippen molar-refractivity contribution in [2.45, 2.75) is 0 Å². The van der Waals surface area contributed by atoms with E-state index in [0.29, 0.717) is 5.02 Å². The summed E-state index contributed by atoms with van der Waals surface area (Å²) in [7, 11) is 0. The molecule has 0 unspecified atom stereocenters. The van der Waals surface area contributed by atoms with Gasteiger partial charge < -0.3 is 9.47 Å². The first kappa shape index (κ1) is 16.5. The fourth-order valence-electron chi connectivity index (χ4n) is 1.35. The van der Waals surface area contributed by atoms with Crippen molar-refractivity contribution in [1.82, 2.24) is 0 Å². The molecule has 21 heavy (non-hydrogen) atoms. The van der Waals surface area contributed by atoms with Crippen molar-refractivity contribution in [1.29, 1.82) is 0 Å². The maximum absolute atomic E-state index is 11.7. The lowest BCUT2D eigenvalue weighted by molar-refractivity contribution is 0.152. The summed E-state index contributed by atoms with van der Waals surface area (Å²) >= 11 is 29.1. The second-order valence-electron chi connectivity index (χ2n) is 3.70. The van der Waals surface area contributed by atoms with Crippen molar-refractivity contribution in [2.24, 2.45) is 0 Å². The van der Waals surface area contributed by atoms with Crippen molar-refractivity contribution in [3.8, 4) is 11.5 Å². The highest BCUT2D eigenvalue weighted by Crippen LogP contribution is 2.37. The molecule has 0 saturated heterocycles. The maximum Gasteiger partial charge on any atom is 0.519 e. The molecule has 2 aromatic rings. The highest BCUT2D eigenvalue weighted by atomic mass is 35.5. The van der Waals surface area contributed by atoms with Crippen LogP contribution in [0.5, 0.6) is 11.5 Å². The molecule has 0 aliphatic carbocycles. The SMILES string of the molecule is O=C(Oc1ccc(Cl)cc1Cl)Oc1ccc(Cl)c(Cl)c1Cl. The second kappa shape index (κ2) is 6.95. The van der Waals surface area contributed by atoms with Gasteiger partial charge in [-0.3, -0.25) is 0 Å². The van der Waals surface area contributed by atoms with Crippen LogP contribution in [-0.2, 0) is 0 Å². The van der Waals surface area contributed by atoms with E-state index < -0.39 is 6.16 Å². The first-order valence-electron chi connectivity index (χ1n) is 5.36. The molecule has 2 rings (SSSR count). The zero-order chi connectivity index (χ0) is 15.6. The lowest BCUT2D eigenvalue weighted by Gasteiger charge is -2.09. The summed E-state index contributed by atoms with van der Waals surface area (Å²) in [5.74, 6) is 0.114. The van der Waals surface area contributed by atoms with E-state index in [4.69, 9.17) is 67.5 Å². The quantitative estimate of drug-likeness (QED) is 0.334. The summed E-state index contributed by atoms with van der Waals surface area (Å²) in [5, 5.41) is 0.896. The third-order valence-electron chi connectivity index (χ3n) is 2.28. The van der Waals surface area contributed by atoms with E-state index in [9.17, 15) is 4.79 Å². The summed E-state index contributed by atoms with van der Waals surface area (Å²) in [5.41, 5.74) is 0. The van der Waals surface area contributed by atoms with Crippen LogP contribution in [0, 0.1) is 0 Å². The van der Waals surface area contributed by atoms with Crippen LogP contribution in [-0.4, -0.2) is 6.16 Å². The van der Waals surface area contributed by atoms with Crippen LogP contribution >= 0.6 is 58.0 Å². The summed E-state index contributed by atoms with van der Waals surface area (Å²) in [4.78, 5) is 11.7. The number of halogens is 5. The average Bonchev–Trinajstić information content (AvgIpc) is 2.43. The van der Waals surface area contributed by atoms with Gasteiger partial charge in [0.25, 0.3) is 0 Å². The smallest absolute Gasteiger partial charge is 0.393 e. The Kier molecular flexibility index (Phi) is 5.47. The number of benzene rings is 2. The standard InChI is InChI=1S/C13H5Cl5O3/c14-6-1-3-9(8(16)5-6)20-13(19)21-10-4-2-7(15)11(17)12(10)18/h1-5H. The molecule has 110 valence electrons. The van der Waals surface area contributed by atoms with Gasteiger partial charge >= 0.3 is 6.16 Å². The Bertz CT molecular complexity index is 702. The molecule has 0 amide bonds. The molecule has 0 bridgehead atoms. The summed E-state index contributed by atoms with van der Waals surface area (Å²) in [6, 6.07) is 7.21. The molecule has 0 aliphatic heterocycles. The minimum Gasteiger partial charge on any atom is -0.393 e. The summed E-state index contributed by atoms with van der Waals surface area (Å²) < 4.78 is 9.89. The van der Waals surface area contributed by atoms with Crippen LogP contribution in [0.4, 0.5) is 4.79 Å². The fourth-order valence-corrected chi connectivity index (χ4v) is 2.36. The molecular weight excluding hydrogens is 381 g/mol. The first-order valence-corrected chi connectivity index (χ1v) is 7.25. The lowest BCUT2D eigenvalue weighted by atomic mass is 10.3. The monoisotopic (exact) mass is 384 g/mol. The van der Waals surface area contributed by atoms with E-state index in [1.54, 1.807) is 0 Å². The molecular formula is C13H5Cl5O3. The molecule has 0 spiro atoms. The molecule has 0 atom stereocenters. The predicted molar refractivity (Wildman–Crippen MR) is 84.6 cm³/mol. The Morgan fingerprint density at radius 1 is 0.762 bits per heavy atom. The maximum atomic E-state index is 11.7. The van der Waals surface area contributed by atoms with Gasteiger partial charge in [0.2, 0.25) is 0 Å². The predicted octanol–water partition coefficient (Wildman–Crippen LogP) is 6.53. The van der Waals surface area contributed by atoms with Gasteiger partial charge in [0.05, 0.1) is 15.1 Å². The van der Waals surface area contributed by atoms with Gasteiger partial charge in [-0.1, -0.05) is 58.0 Å². The van der Waals surface area contributed by atoms with Gasteiger partial charge in [-0.25, -0.2) is 4.79 Å².